The quantitative estimate of drug-likeness (QED) is 0.828. The Balaban J connectivity index is 2.04. The standard InChI is InChI=1S/C16H26N2O/c1-4-19-16-6-5-15(17)9-14(16)11-18-8-7-13(10-18)12(2)3/h5-6,9,12-13H,4,7-8,10-11,17H2,1-3H3. The molecule has 2 rings (SSSR count). The Morgan fingerprint density at radius 3 is 2.84 bits per heavy atom. The van der Waals surface area contributed by atoms with Crippen LogP contribution in [0.1, 0.15) is 32.8 Å². The average molecular weight is 262 g/mol. The molecule has 1 saturated heterocycles. The fraction of sp³-hybridized carbons (Fsp3) is 0.625. The molecule has 3 heteroatoms. The van der Waals surface area contributed by atoms with Crippen LogP contribution in [-0.2, 0) is 6.54 Å². The van der Waals surface area contributed by atoms with Crippen molar-refractivity contribution < 1.29 is 4.74 Å². The van der Waals surface area contributed by atoms with Gasteiger partial charge in [-0.3, -0.25) is 4.90 Å². The van der Waals surface area contributed by atoms with Crippen LogP contribution in [0, 0.1) is 11.8 Å². The van der Waals surface area contributed by atoms with Crippen molar-refractivity contribution in [2.24, 2.45) is 11.8 Å². The Morgan fingerprint density at radius 2 is 2.21 bits per heavy atom. The third-order valence-electron chi connectivity index (χ3n) is 4.03. The molecule has 0 bridgehead atoms. The van der Waals surface area contributed by atoms with Gasteiger partial charge in [-0.15, -0.1) is 0 Å². The van der Waals surface area contributed by atoms with Gasteiger partial charge in [-0.25, -0.2) is 0 Å². The molecule has 0 radical (unpaired) electrons. The Kier molecular flexibility index (Phi) is 4.70. The summed E-state index contributed by atoms with van der Waals surface area (Å²) in [5.41, 5.74) is 7.93. The molecule has 0 aliphatic carbocycles. The summed E-state index contributed by atoms with van der Waals surface area (Å²) in [5, 5.41) is 0. The summed E-state index contributed by atoms with van der Waals surface area (Å²) in [6.07, 6.45) is 1.31. The maximum atomic E-state index is 5.90. The summed E-state index contributed by atoms with van der Waals surface area (Å²) in [7, 11) is 0. The van der Waals surface area contributed by atoms with Crippen molar-refractivity contribution in [1.29, 1.82) is 0 Å². The molecule has 1 aromatic rings. The second kappa shape index (κ2) is 6.29. The summed E-state index contributed by atoms with van der Waals surface area (Å²) >= 11 is 0. The largest absolute Gasteiger partial charge is 0.494 e. The molecule has 3 nitrogen and oxygen atoms in total. The van der Waals surface area contributed by atoms with Crippen LogP contribution in [0.4, 0.5) is 5.69 Å². The molecule has 1 aliphatic rings. The van der Waals surface area contributed by atoms with E-state index in [0.717, 1.165) is 29.8 Å². The lowest BCUT2D eigenvalue weighted by Crippen LogP contribution is -2.22. The van der Waals surface area contributed by atoms with E-state index in [-0.39, 0.29) is 0 Å². The second-order valence-electron chi connectivity index (χ2n) is 5.83. The zero-order valence-electron chi connectivity index (χ0n) is 12.4. The Hall–Kier alpha value is -1.22. The second-order valence-corrected chi connectivity index (χ2v) is 5.83. The lowest BCUT2D eigenvalue weighted by molar-refractivity contribution is 0.284. The molecule has 106 valence electrons. The Labute approximate surface area is 116 Å². The molecule has 1 fully saturated rings. The van der Waals surface area contributed by atoms with E-state index >= 15 is 0 Å². The fourth-order valence-corrected chi connectivity index (χ4v) is 2.81. The van der Waals surface area contributed by atoms with Gasteiger partial charge >= 0.3 is 0 Å². The number of rotatable bonds is 5. The highest BCUT2D eigenvalue weighted by Gasteiger charge is 2.25. The summed E-state index contributed by atoms with van der Waals surface area (Å²) in [4.78, 5) is 2.52. The van der Waals surface area contributed by atoms with E-state index in [1.54, 1.807) is 0 Å². The smallest absolute Gasteiger partial charge is 0.123 e. The van der Waals surface area contributed by atoms with Gasteiger partial charge in [0.05, 0.1) is 6.61 Å². The summed E-state index contributed by atoms with van der Waals surface area (Å²) < 4.78 is 5.69. The van der Waals surface area contributed by atoms with E-state index in [9.17, 15) is 0 Å². The predicted molar refractivity (Wildman–Crippen MR) is 80.2 cm³/mol. The minimum Gasteiger partial charge on any atom is -0.494 e. The SMILES string of the molecule is CCOc1ccc(N)cc1CN1CCC(C(C)C)C1. The molecular weight excluding hydrogens is 236 g/mol. The number of hydrogen-bond acceptors (Lipinski definition) is 3. The summed E-state index contributed by atoms with van der Waals surface area (Å²) in [6, 6.07) is 5.95. The summed E-state index contributed by atoms with van der Waals surface area (Å²) in [5.74, 6) is 2.58. The number of anilines is 1. The molecule has 0 saturated carbocycles. The van der Waals surface area contributed by atoms with Crippen molar-refractivity contribution in [3.63, 3.8) is 0 Å². The average Bonchev–Trinajstić information content (AvgIpc) is 2.81. The van der Waals surface area contributed by atoms with Gasteiger partial charge in [-0.2, -0.15) is 0 Å². The lowest BCUT2D eigenvalue weighted by Gasteiger charge is -2.20. The molecule has 1 aromatic carbocycles. The maximum Gasteiger partial charge on any atom is 0.123 e. The van der Waals surface area contributed by atoms with Crippen molar-refractivity contribution >= 4 is 5.69 Å². The molecule has 1 aliphatic heterocycles. The lowest BCUT2D eigenvalue weighted by atomic mass is 9.95. The zero-order valence-corrected chi connectivity index (χ0v) is 12.4. The first-order valence-electron chi connectivity index (χ1n) is 7.33. The number of nitrogens with zero attached hydrogens (tertiary/aromatic N) is 1. The summed E-state index contributed by atoms with van der Waals surface area (Å²) in [6.45, 7) is 10.7. The van der Waals surface area contributed by atoms with Gasteiger partial charge in [0.15, 0.2) is 0 Å². The van der Waals surface area contributed by atoms with Gasteiger partial charge in [0, 0.05) is 24.3 Å². The van der Waals surface area contributed by atoms with Gasteiger partial charge in [-0.1, -0.05) is 13.8 Å². The van der Waals surface area contributed by atoms with E-state index in [0.29, 0.717) is 6.61 Å². The van der Waals surface area contributed by atoms with Gasteiger partial charge < -0.3 is 10.5 Å². The highest BCUT2D eigenvalue weighted by atomic mass is 16.5. The number of nitrogens with two attached hydrogens (primary N) is 1. The monoisotopic (exact) mass is 262 g/mol. The Bertz CT molecular complexity index is 417. The number of likely N-dealkylation sites (tertiary alicyclic amines) is 1. The highest BCUT2D eigenvalue weighted by molar-refractivity contribution is 5.47. The fourth-order valence-electron chi connectivity index (χ4n) is 2.81. The van der Waals surface area contributed by atoms with Crippen molar-refractivity contribution in [1.82, 2.24) is 4.90 Å². The van der Waals surface area contributed by atoms with Crippen molar-refractivity contribution in [2.75, 3.05) is 25.4 Å². The molecular formula is C16H26N2O. The van der Waals surface area contributed by atoms with Gasteiger partial charge in [0.2, 0.25) is 0 Å². The van der Waals surface area contributed by atoms with Crippen LogP contribution >= 0.6 is 0 Å². The molecule has 19 heavy (non-hydrogen) atoms. The third kappa shape index (κ3) is 3.63. The van der Waals surface area contributed by atoms with Crippen molar-refractivity contribution in [3.05, 3.63) is 23.8 Å². The number of nitrogen functional groups attached to an aromatic ring is 1. The molecule has 1 atom stereocenters. The first-order valence-corrected chi connectivity index (χ1v) is 7.33. The predicted octanol–water partition coefficient (Wildman–Crippen LogP) is 3.15. The van der Waals surface area contributed by atoms with Crippen molar-refractivity contribution in [2.45, 2.75) is 33.7 Å². The van der Waals surface area contributed by atoms with E-state index in [1.807, 2.05) is 25.1 Å². The van der Waals surface area contributed by atoms with E-state index in [1.165, 1.54) is 25.1 Å². The number of hydrogen-bond donors (Lipinski definition) is 1. The topological polar surface area (TPSA) is 38.5 Å². The zero-order chi connectivity index (χ0) is 13.8. The minimum absolute atomic E-state index is 0.700. The Morgan fingerprint density at radius 1 is 1.42 bits per heavy atom. The van der Waals surface area contributed by atoms with E-state index < -0.39 is 0 Å². The molecule has 1 unspecified atom stereocenters. The van der Waals surface area contributed by atoms with Crippen LogP contribution in [0.25, 0.3) is 0 Å². The molecule has 0 amide bonds. The molecule has 0 aromatic heterocycles. The number of benzene rings is 1. The normalized spacial score (nSPS) is 20.1. The first-order chi connectivity index (χ1) is 9.10. The molecule has 1 heterocycles. The van der Waals surface area contributed by atoms with Gasteiger partial charge in [0.1, 0.15) is 5.75 Å². The van der Waals surface area contributed by atoms with Crippen LogP contribution in [0.15, 0.2) is 18.2 Å². The first kappa shape index (κ1) is 14.2. The van der Waals surface area contributed by atoms with E-state index in [4.69, 9.17) is 10.5 Å². The van der Waals surface area contributed by atoms with Crippen LogP contribution in [0.2, 0.25) is 0 Å². The van der Waals surface area contributed by atoms with Gasteiger partial charge in [-0.05, 0) is 49.9 Å². The van der Waals surface area contributed by atoms with E-state index in [2.05, 4.69) is 18.7 Å². The third-order valence-corrected chi connectivity index (χ3v) is 4.03. The van der Waals surface area contributed by atoms with Crippen LogP contribution < -0.4 is 10.5 Å². The van der Waals surface area contributed by atoms with Crippen LogP contribution in [0.5, 0.6) is 5.75 Å². The van der Waals surface area contributed by atoms with Crippen molar-refractivity contribution in [3.8, 4) is 5.75 Å². The number of ether oxygens (including phenoxy) is 1. The highest BCUT2D eigenvalue weighted by Crippen LogP contribution is 2.28. The minimum atomic E-state index is 0.700. The maximum absolute atomic E-state index is 5.90. The molecule has 2 N–H and O–H groups in total. The van der Waals surface area contributed by atoms with Crippen LogP contribution in [-0.4, -0.2) is 24.6 Å². The van der Waals surface area contributed by atoms with Gasteiger partial charge in [0.25, 0.3) is 0 Å². The molecule has 0 spiro atoms. The van der Waals surface area contributed by atoms with Crippen LogP contribution in [0.3, 0.4) is 0 Å².